The summed E-state index contributed by atoms with van der Waals surface area (Å²) in [5.74, 6) is -2.79. The van der Waals surface area contributed by atoms with Gasteiger partial charge in [0.15, 0.2) is 0 Å². The van der Waals surface area contributed by atoms with Gasteiger partial charge in [-0.2, -0.15) is 0 Å². The molecule has 156 valence electrons. The molecule has 0 aliphatic rings. The third-order valence-electron chi connectivity index (χ3n) is 4.72. The van der Waals surface area contributed by atoms with Crippen LogP contribution < -0.4 is 5.11 Å². The first-order valence-corrected chi connectivity index (χ1v) is 9.95. The first kappa shape index (κ1) is 25.1. The fourth-order valence-electron chi connectivity index (χ4n) is 3.35. The second-order valence-corrected chi connectivity index (χ2v) is 7.08. The third-order valence-corrected chi connectivity index (χ3v) is 4.72. The minimum atomic E-state index is -1.09. The van der Waals surface area contributed by atoms with Crippen molar-refractivity contribution in [2.24, 2.45) is 0 Å². The van der Waals surface area contributed by atoms with Crippen LogP contribution >= 0.6 is 0 Å². The van der Waals surface area contributed by atoms with Crippen molar-refractivity contribution in [2.45, 2.75) is 71.1 Å². The average molecular weight is 386 g/mol. The number of nitrogens with zero attached hydrogens (tertiary/aromatic N) is 1. The summed E-state index contributed by atoms with van der Waals surface area (Å²) < 4.78 is 0.589. The summed E-state index contributed by atoms with van der Waals surface area (Å²) in [4.78, 5) is 32.5. The molecule has 0 fully saturated rings. The van der Waals surface area contributed by atoms with Crippen molar-refractivity contribution in [3.05, 3.63) is 12.2 Å². The lowest BCUT2D eigenvalue weighted by Gasteiger charge is -2.39. The lowest BCUT2D eigenvalue weighted by atomic mass is 10.1. The van der Waals surface area contributed by atoms with Gasteiger partial charge in [-0.1, -0.05) is 19.1 Å². The highest BCUT2D eigenvalue weighted by Crippen LogP contribution is 2.17. The van der Waals surface area contributed by atoms with E-state index in [2.05, 4.69) is 19.1 Å². The Morgan fingerprint density at radius 2 is 1.26 bits per heavy atom. The monoisotopic (exact) mass is 385 g/mol. The predicted octanol–water partition coefficient (Wildman–Crippen LogP) is 2.20. The fraction of sp³-hybridized carbons (Fsp3) is 0.750. The van der Waals surface area contributed by atoms with Gasteiger partial charge in [0.25, 0.3) is 0 Å². The molecule has 7 heteroatoms. The Kier molecular flexibility index (Phi) is 14.1. The van der Waals surface area contributed by atoms with Crippen LogP contribution in [-0.2, 0) is 14.4 Å². The van der Waals surface area contributed by atoms with E-state index in [4.69, 9.17) is 10.2 Å². The first-order valence-electron chi connectivity index (χ1n) is 9.95. The van der Waals surface area contributed by atoms with Crippen LogP contribution in [0.25, 0.3) is 0 Å². The summed E-state index contributed by atoms with van der Waals surface area (Å²) in [5, 5.41) is 28.6. The molecule has 0 spiro atoms. The van der Waals surface area contributed by atoms with Gasteiger partial charge in [-0.05, 0) is 32.1 Å². The van der Waals surface area contributed by atoms with Gasteiger partial charge in [-0.15, -0.1) is 0 Å². The second-order valence-electron chi connectivity index (χ2n) is 7.08. The molecule has 0 aromatic carbocycles. The fourth-order valence-corrected chi connectivity index (χ4v) is 3.35. The highest BCUT2D eigenvalue weighted by molar-refractivity contribution is 5.66. The SMILES string of the molecule is CC/C=C/CCCC[N+](CCCC(=O)[O-])(CCCC(=O)O)CCCC(=O)O. The lowest BCUT2D eigenvalue weighted by Crippen LogP contribution is -2.51. The van der Waals surface area contributed by atoms with Gasteiger partial charge in [-0.3, -0.25) is 9.59 Å². The van der Waals surface area contributed by atoms with Crippen LogP contribution in [0.3, 0.4) is 0 Å². The molecular weight excluding hydrogens is 350 g/mol. The standard InChI is InChI=1S/C20H35NO6/c1-2-3-4-5-6-7-14-21(15-8-11-18(22)23,16-9-12-19(24)25)17-10-13-20(26)27/h3-4H,2,5-17H2,1H3,(H2-,22,23,24,25,26,27)/b4-3+. The Hall–Kier alpha value is -1.89. The molecule has 0 aromatic heterocycles. The maximum absolute atomic E-state index is 10.9. The smallest absolute Gasteiger partial charge is 0.303 e. The average Bonchev–Trinajstić information content (AvgIpc) is 2.57. The minimum Gasteiger partial charge on any atom is -0.550 e. The molecule has 0 amide bonds. The summed E-state index contributed by atoms with van der Waals surface area (Å²) in [6, 6.07) is 0. The van der Waals surface area contributed by atoms with Gasteiger partial charge in [0, 0.05) is 25.2 Å². The number of aliphatic carboxylic acids is 3. The van der Waals surface area contributed by atoms with E-state index in [-0.39, 0.29) is 19.3 Å². The van der Waals surface area contributed by atoms with E-state index in [0.717, 1.165) is 32.2 Å². The highest BCUT2D eigenvalue weighted by atomic mass is 16.4. The molecule has 0 aliphatic carbocycles. The predicted molar refractivity (Wildman–Crippen MR) is 101 cm³/mol. The van der Waals surface area contributed by atoms with Crippen molar-refractivity contribution >= 4 is 17.9 Å². The number of allylic oxidation sites excluding steroid dienone is 2. The third kappa shape index (κ3) is 14.9. The quantitative estimate of drug-likeness (QED) is 0.212. The van der Waals surface area contributed by atoms with Crippen molar-refractivity contribution in [3.63, 3.8) is 0 Å². The Morgan fingerprint density at radius 3 is 1.70 bits per heavy atom. The molecule has 0 aliphatic heterocycles. The van der Waals surface area contributed by atoms with Gasteiger partial charge >= 0.3 is 11.9 Å². The normalized spacial score (nSPS) is 11.7. The van der Waals surface area contributed by atoms with Crippen LogP contribution in [0.1, 0.15) is 71.1 Å². The topological polar surface area (TPSA) is 115 Å². The largest absolute Gasteiger partial charge is 0.550 e. The summed E-state index contributed by atoms with van der Waals surface area (Å²) in [5.41, 5.74) is 0. The number of quaternary nitrogens is 1. The molecule has 0 radical (unpaired) electrons. The maximum atomic E-state index is 10.9. The van der Waals surface area contributed by atoms with Crippen LogP contribution in [-0.4, -0.2) is 58.8 Å². The Labute approximate surface area is 162 Å². The van der Waals surface area contributed by atoms with Crippen molar-refractivity contribution in [1.29, 1.82) is 0 Å². The van der Waals surface area contributed by atoms with E-state index in [1.54, 1.807) is 0 Å². The van der Waals surface area contributed by atoms with Gasteiger partial charge in [0.1, 0.15) is 0 Å². The molecule has 0 unspecified atom stereocenters. The molecule has 0 saturated heterocycles. The molecule has 0 atom stereocenters. The first-order chi connectivity index (χ1) is 12.8. The number of carbonyl (C=O) groups is 3. The maximum Gasteiger partial charge on any atom is 0.303 e. The second kappa shape index (κ2) is 15.2. The van der Waals surface area contributed by atoms with E-state index in [1.807, 2.05) is 0 Å². The van der Waals surface area contributed by atoms with Gasteiger partial charge in [0.05, 0.1) is 39.0 Å². The molecule has 0 saturated carbocycles. The van der Waals surface area contributed by atoms with Crippen LogP contribution in [0.15, 0.2) is 12.2 Å². The van der Waals surface area contributed by atoms with Crippen molar-refractivity contribution in [1.82, 2.24) is 0 Å². The number of carbonyl (C=O) groups excluding carboxylic acids is 1. The molecule has 0 rings (SSSR count). The Bertz CT molecular complexity index is 425. The lowest BCUT2D eigenvalue weighted by molar-refractivity contribution is -0.929. The molecule has 27 heavy (non-hydrogen) atoms. The van der Waals surface area contributed by atoms with Gasteiger partial charge < -0.3 is 24.6 Å². The van der Waals surface area contributed by atoms with E-state index >= 15 is 0 Å². The van der Waals surface area contributed by atoms with Crippen LogP contribution in [0.4, 0.5) is 0 Å². The Balaban J connectivity index is 4.90. The molecule has 0 aromatic rings. The van der Waals surface area contributed by atoms with Crippen molar-refractivity contribution < 1.29 is 34.2 Å². The summed E-state index contributed by atoms with van der Waals surface area (Å²) >= 11 is 0. The molecule has 2 N–H and O–H groups in total. The molecule has 7 nitrogen and oxygen atoms in total. The van der Waals surface area contributed by atoms with Gasteiger partial charge in [0.2, 0.25) is 0 Å². The van der Waals surface area contributed by atoms with Crippen LogP contribution in [0, 0.1) is 0 Å². The number of carboxylic acid groups (broad SMARTS) is 3. The van der Waals surface area contributed by atoms with Crippen LogP contribution in [0.2, 0.25) is 0 Å². The Morgan fingerprint density at radius 1 is 0.778 bits per heavy atom. The zero-order chi connectivity index (χ0) is 20.5. The number of carboxylic acids is 3. The summed E-state index contributed by atoms with van der Waals surface area (Å²) in [7, 11) is 0. The molecular formula is C20H35NO6. The van der Waals surface area contributed by atoms with Gasteiger partial charge in [-0.25, -0.2) is 0 Å². The van der Waals surface area contributed by atoms with Crippen LogP contribution in [0.5, 0.6) is 0 Å². The summed E-state index contributed by atoms with van der Waals surface area (Å²) in [6.45, 7) is 4.76. The number of hydrogen-bond donors (Lipinski definition) is 2. The number of unbranched alkanes of at least 4 members (excludes halogenated alkanes) is 2. The highest BCUT2D eigenvalue weighted by Gasteiger charge is 2.26. The minimum absolute atomic E-state index is 0.0307. The van der Waals surface area contributed by atoms with Crippen molar-refractivity contribution in [2.75, 3.05) is 26.2 Å². The summed E-state index contributed by atoms with van der Waals surface area (Å²) in [6.07, 6.45) is 9.79. The van der Waals surface area contributed by atoms with Crippen molar-refractivity contribution in [3.8, 4) is 0 Å². The van der Waals surface area contributed by atoms with E-state index < -0.39 is 17.9 Å². The molecule has 0 heterocycles. The van der Waals surface area contributed by atoms with E-state index in [9.17, 15) is 19.5 Å². The molecule has 0 bridgehead atoms. The van der Waals surface area contributed by atoms with E-state index in [1.165, 1.54) is 0 Å². The van der Waals surface area contributed by atoms with E-state index in [0.29, 0.717) is 43.4 Å². The zero-order valence-corrected chi connectivity index (χ0v) is 16.5. The zero-order valence-electron chi connectivity index (χ0n) is 16.5. The number of hydrogen-bond acceptors (Lipinski definition) is 4. The number of rotatable bonds is 18.